The van der Waals surface area contributed by atoms with Crippen LogP contribution in [0.15, 0.2) is 60.7 Å². The zero-order valence-electron chi connectivity index (χ0n) is 19.8. The number of likely N-dealkylation sites (tertiary alicyclic amines) is 1. The number of nitrogens with zero attached hydrogens (tertiary/aromatic N) is 1. The number of hydrogen-bond donors (Lipinski definition) is 1. The summed E-state index contributed by atoms with van der Waals surface area (Å²) in [7, 11) is 0. The zero-order valence-corrected chi connectivity index (χ0v) is 20.5. The number of halogens is 4. The molecule has 1 aliphatic heterocycles. The van der Waals surface area contributed by atoms with Crippen LogP contribution in [0, 0.1) is 23.7 Å². The van der Waals surface area contributed by atoms with Gasteiger partial charge in [-0.2, -0.15) is 13.2 Å². The molecular weight excluding hydrogens is 525 g/mol. The monoisotopic (exact) mass is 546 g/mol. The van der Waals surface area contributed by atoms with Gasteiger partial charge in [-0.1, -0.05) is 54.1 Å². The van der Waals surface area contributed by atoms with Gasteiger partial charge in [0.05, 0.1) is 28.1 Å². The molecule has 38 heavy (non-hydrogen) atoms. The molecule has 2 aromatic rings. The normalized spacial score (nSPS) is 24.5. The van der Waals surface area contributed by atoms with Gasteiger partial charge < -0.3 is 10.1 Å². The molecule has 1 N–H and O–H groups in total. The average Bonchev–Trinajstić information content (AvgIpc) is 3.56. The number of amides is 3. The van der Waals surface area contributed by atoms with E-state index in [0.717, 1.165) is 23.5 Å². The molecule has 198 valence electrons. The van der Waals surface area contributed by atoms with Gasteiger partial charge in [-0.15, -0.1) is 0 Å². The fourth-order valence-corrected chi connectivity index (χ4v) is 5.73. The van der Waals surface area contributed by atoms with Crippen LogP contribution in [-0.2, 0) is 36.5 Å². The number of hydrogen-bond acceptors (Lipinski definition) is 5. The molecule has 2 aliphatic carbocycles. The van der Waals surface area contributed by atoms with Crippen LogP contribution in [0.4, 0.5) is 18.9 Å². The SMILES string of the molecule is O=C(COC(=O)[C@@H](Cc1ccccc1)N1C(=O)[C@@H]2[C@H](C1=O)[C@H]1C=C[C@H]2C1)Nc1cc(C(F)(F)F)ccc1Cl. The van der Waals surface area contributed by atoms with Crippen molar-refractivity contribution in [3.8, 4) is 0 Å². The van der Waals surface area contributed by atoms with Crippen molar-refractivity contribution in [2.75, 3.05) is 11.9 Å². The Morgan fingerprint density at radius 1 is 1.03 bits per heavy atom. The van der Waals surface area contributed by atoms with E-state index in [1.807, 2.05) is 12.2 Å². The summed E-state index contributed by atoms with van der Waals surface area (Å²) in [4.78, 5) is 53.3. The molecule has 2 bridgehead atoms. The van der Waals surface area contributed by atoms with Crippen LogP contribution in [-0.4, -0.2) is 41.2 Å². The predicted octanol–water partition coefficient (Wildman–Crippen LogP) is 4.26. The molecule has 3 amide bonds. The lowest BCUT2D eigenvalue weighted by atomic mass is 9.85. The number of esters is 1. The van der Waals surface area contributed by atoms with Crippen molar-refractivity contribution in [1.29, 1.82) is 0 Å². The molecule has 1 heterocycles. The third-order valence-corrected chi connectivity index (χ3v) is 7.60. The highest BCUT2D eigenvalue weighted by Gasteiger charge is 2.61. The second-order valence-electron chi connectivity index (χ2n) is 9.60. The van der Waals surface area contributed by atoms with E-state index in [1.165, 1.54) is 0 Å². The lowest BCUT2D eigenvalue weighted by Gasteiger charge is -2.26. The van der Waals surface area contributed by atoms with E-state index < -0.39 is 59.9 Å². The molecule has 0 spiro atoms. The average molecular weight is 547 g/mol. The summed E-state index contributed by atoms with van der Waals surface area (Å²) in [6.45, 7) is -0.855. The third-order valence-electron chi connectivity index (χ3n) is 7.27. The highest BCUT2D eigenvalue weighted by Crippen LogP contribution is 2.53. The van der Waals surface area contributed by atoms with Crippen LogP contribution < -0.4 is 5.32 Å². The van der Waals surface area contributed by atoms with Crippen LogP contribution in [0.5, 0.6) is 0 Å². The van der Waals surface area contributed by atoms with Crippen molar-refractivity contribution >= 4 is 41.0 Å². The number of anilines is 1. The predicted molar refractivity (Wildman–Crippen MR) is 130 cm³/mol. The van der Waals surface area contributed by atoms with Crippen molar-refractivity contribution in [3.63, 3.8) is 0 Å². The Morgan fingerprint density at radius 2 is 1.66 bits per heavy atom. The van der Waals surface area contributed by atoms with Crippen molar-refractivity contribution in [1.82, 2.24) is 4.90 Å². The fraction of sp³-hybridized carbons (Fsp3) is 0.333. The van der Waals surface area contributed by atoms with Crippen LogP contribution in [0.25, 0.3) is 0 Å². The molecule has 0 radical (unpaired) electrons. The maximum atomic E-state index is 13.3. The molecule has 5 rings (SSSR count). The lowest BCUT2D eigenvalue weighted by Crippen LogP contribution is -2.48. The summed E-state index contributed by atoms with van der Waals surface area (Å²) in [5.74, 6) is -3.92. The van der Waals surface area contributed by atoms with Gasteiger partial charge in [0.2, 0.25) is 11.8 Å². The Kier molecular flexibility index (Phi) is 6.77. The quantitative estimate of drug-likeness (QED) is 0.318. The maximum absolute atomic E-state index is 13.3. The molecular formula is C27H22ClF3N2O5. The number of benzene rings is 2. The highest BCUT2D eigenvalue weighted by atomic mass is 35.5. The molecule has 7 nitrogen and oxygen atoms in total. The molecule has 11 heteroatoms. The second-order valence-corrected chi connectivity index (χ2v) is 10.0. The van der Waals surface area contributed by atoms with Gasteiger partial charge in [-0.25, -0.2) is 4.79 Å². The maximum Gasteiger partial charge on any atom is 0.416 e. The van der Waals surface area contributed by atoms with Gasteiger partial charge in [0.25, 0.3) is 5.91 Å². The first-order valence-electron chi connectivity index (χ1n) is 12.0. The number of rotatable bonds is 7. The molecule has 1 saturated heterocycles. The van der Waals surface area contributed by atoms with Gasteiger partial charge in [0, 0.05) is 6.42 Å². The van der Waals surface area contributed by atoms with Crippen LogP contribution >= 0.6 is 11.6 Å². The van der Waals surface area contributed by atoms with Gasteiger partial charge in [-0.05, 0) is 42.0 Å². The number of carbonyl (C=O) groups is 4. The molecule has 0 unspecified atom stereocenters. The Labute approximate surface area is 220 Å². The smallest absolute Gasteiger partial charge is 0.416 e. The van der Waals surface area contributed by atoms with Crippen LogP contribution in [0.3, 0.4) is 0 Å². The van der Waals surface area contributed by atoms with E-state index in [0.29, 0.717) is 11.6 Å². The van der Waals surface area contributed by atoms with Gasteiger partial charge in [0.1, 0.15) is 6.04 Å². The summed E-state index contributed by atoms with van der Waals surface area (Å²) in [5.41, 5.74) is -0.644. The fourth-order valence-electron chi connectivity index (χ4n) is 5.57. The molecule has 3 aliphatic rings. The number of carbonyl (C=O) groups excluding carboxylic acids is 4. The number of imide groups is 1. The van der Waals surface area contributed by atoms with E-state index >= 15 is 0 Å². The molecule has 1 saturated carbocycles. The molecule has 5 atom stereocenters. The number of fused-ring (bicyclic) bond motifs is 5. The summed E-state index contributed by atoms with van der Waals surface area (Å²) in [5, 5.41) is 2.07. The Hall–Kier alpha value is -3.66. The van der Waals surface area contributed by atoms with Gasteiger partial charge in [0.15, 0.2) is 6.61 Å². The molecule has 0 aromatic heterocycles. The van der Waals surface area contributed by atoms with Crippen molar-refractivity contribution in [3.05, 3.63) is 76.8 Å². The standard InChI is InChI=1S/C27H22ClF3N2O5/c28-18-9-8-17(27(29,30)31)12-19(18)32-21(34)13-38-26(37)20(10-14-4-2-1-3-5-14)33-24(35)22-15-6-7-16(11-15)23(22)25(33)36/h1-9,12,15-16,20,22-23H,10-11,13H2,(H,32,34)/t15-,16-,20+,22-,23+/m0/s1. The lowest BCUT2D eigenvalue weighted by molar-refractivity contribution is -0.160. The minimum absolute atomic E-state index is 0.0135. The topological polar surface area (TPSA) is 92.8 Å². The third kappa shape index (κ3) is 4.80. The molecule has 2 aromatic carbocycles. The van der Waals surface area contributed by atoms with Crippen molar-refractivity contribution in [2.24, 2.45) is 23.7 Å². The number of ether oxygens (including phenoxy) is 1. The van der Waals surface area contributed by atoms with E-state index in [9.17, 15) is 32.3 Å². The second kappa shape index (κ2) is 9.90. The van der Waals surface area contributed by atoms with Crippen molar-refractivity contribution in [2.45, 2.75) is 25.1 Å². The van der Waals surface area contributed by atoms with E-state index in [1.54, 1.807) is 30.3 Å². The minimum Gasteiger partial charge on any atom is -0.454 e. The van der Waals surface area contributed by atoms with Gasteiger partial charge >= 0.3 is 12.1 Å². The Bertz CT molecular complexity index is 1300. The first-order valence-corrected chi connectivity index (χ1v) is 12.3. The summed E-state index contributed by atoms with van der Waals surface area (Å²) < 4.78 is 44.2. The zero-order chi connectivity index (χ0) is 27.2. The number of alkyl halides is 3. The van der Waals surface area contributed by atoms with E-state index in [-0.39, 0.29) is 29.0 Å². The highest BCUT2D eigenvalue weighted by molar-refractivity contribution is 6.33. The number of allylic oxidation sites excluding steroid dienone is 2. The van der Waals surface area contributed by atoms with Crippen LogP contribution in [0.2, 0.25) is 5.02 Å². The van der Waals surface area contributed by atoms with E-state index in [4.69, 9.17) is 16.3 Å². The van der Waals surface area contributed by atoms with Crippen molar-refractivity contribution < 1.29 is 37.1 Å². The largest absolute Gasteiger partial charge is 0.454 e. The molecule has 2 fully saturated rings. The Morgan fingerprint density at radius 3 is 2.26 bits per heavy atom. The van der Waals surface area contributed by atoms with E-state index in [2.05, 4.69) is 5.32 Å². The number of nitrogens with one attached hydrogen (secondary N) is 1. The summed E-state index contributed by atoms with van der Waals surface area (Å²) in [6, 6.07) is 9.88. The first-order chi connectivity index (χ1) is 18.0. The summed E-state index contributed by atoms with van der Waals surface area (Å²) in [6.07, 6.45) is -0.0565. The van der Waals surface area contributed by atoms with Gasteiger partial charge in [-0.3, -0.25) is 19.3 Å². The first kappa shape index (κ1) is 26.0. The minimum atomic E-state index is -4.65. The Balaban J connectivity index is 1.31. The van der Waals surface area contributed by atoms with Crippen LogP contribution in [0.1, 0.15) is 17.5 Å². The summed E-state index contributed by atoms with van der Waals surface area (Å²) >= 11 is 5.91.